The minimum atomic E-state index is 0.891. The van der Waals surface area contributed by atoms with E-state index in [-0.39, 0.29) is 0 Å². The van der Waals surface area contributed by atoms with Gasteiger partial charge in [-0.1, -0.05) is 52.4 Å². The average molecular weight is 211 g/mol. The molecule has 0 aromatic rings. The van der Waals surface area contributed by atoms with E-state index in [1.54, 1.807) is 0 Å². The lowest BCUT2D eigenvalue weighted by Crippen LogP contribution is -2.19. The molecular weight excluding hydrogens is 182 g/mol. The maximum atomic E-state index is 3.60. The Balaban J connectivity index is 1.77. The predicted molar refractivity (Wildman–Crippen MR) is 68.2 cm³/mol. The molecule has 1 rings (SSSR count). The van der Waals surface area contributed by atoms with Crippen LogP contribution in [0, 0.1) is 5.92 Å². The SMILES string of the molecule is CCCCCCCC(C)CCNC1CC1. The molecule has 0 spiro atoms. The van der Waals surface area contributed by atoms with Crippen LogP contribution in [0.25, 0.3) is 0 Å². The molecule has 1 aliphatic rings. The lowest BCUT2D eigenvalue weighted by Gasteiger charge is -2.11. The number of hydrogen-bond acceptors (Lipinski definition) is 1. The Morgan fingerprint density at radius 1 is 1.07 bits per heavy atom. The van der Waals surface area contributed by atoms with Crippen molar-refractivity contribution in [3.63, 3.8) is 0 Å². The first-order valence-corrected chi connectivity index (χ1v) is 7.06. The fourth-order valence-corrected chi connectivity index (χ4v) is 2.06. The molecule has 0 aromatic heterocycles. The predicted octanol–water partition coefficient (Wildman–Crippen LogP) is 4.13. The van der Waals surface area contributed by atoms with Gasteiger partial charge in [0.05, 0.1) is 0 Å². The monoisotopic (exact) mass is 211 g/mol. The molecule has 1 N–H and O–H groups in total. The zero-order valence-corrected chi connectivity index (χ0v) is 10.7. The van der Waals surface area contributed by atoms with E-state index in [9.17, 15) is 0 Å². The normalized spacial score (nSPS) is 18.0. The van der Waals surface area contributed by atoms with Gasteiger partial charge in [-0.15, -0.1) is 0 Å². The van der Waals surface area contributed by atoms with Gasteiger partial charge in [0.2, 0.25) is 0 Å². The number of hydrogen-bond donors (Lipinski definition) is 1. The van der Waals surface area contributed by atoms with E-state index in [2.05, 4.69) is 19.2 Å². The first-order valence-electron chi connectivity index (χ1n) is 7.06. The first kappa shape index (κ1) is 13.0. The standard InChI is InChI=1S/C14H29N/c1-3-4-5-6-7-8-13(2)11-12-15-14-9-10-14/h13-15H,3-12H2,1-2H3. The van der Waals surface area contributed by atoms with E-state index >= 15 is 0 Å². The van der Waals surface area contributed by atoms with Crippen LogP contribution in [0.2, 0.25) is 0 Å². The maximum Gasteiger partial charge on any atom is 0.00682 e. The van der Waals surface area contributed by atoms with Gasteiger partial charge >= 0.3 is 0 Å². The van der Waals surface area contributed by atoms with Gasteiger partial charge in [-0.3, -0.25) is 0 Å². The summed E-state index contributed by atoms with van der Waals surface area (Å²) < 4.78 is 0. The van der Waals surface area contributed by atoms with Crippen molar-refractivity contribution >= 4 is 0 Å². The Bertz CT molecular complexity index is 140. The molecule has 90 valence electrons. The minimum absolute atomic E-state index is 0.891. The first-order chi connectivity index (χ1) is 7.33. The second-order valence-corrected chi connectivity index (χ2v) is 5.33. The van der Waals surface area contributed by atoms with Crippen molar-refractivity contribution in [2.24, 2.45) is 5.92 Å². The summed E-state index contributed by atoms with van der Waals surface area (Å²) in [6.45, 7) is 5.95. The van der Waals surface area contributed by atoms with Gasteiger partial charge in [-0.25, -0.2) is 0 Å². The van der Waals surface area contributed by atoms with Crippen molar-refractivity contribution in [3.05, 3.63) is 0 Å². The molecule has 0 amide bonds. The highest BCUT2D eigenvalue weighted by Crippen LogP contribution is 2.19. The number of unbranched alkanes of at least 4 members (excludes halogenated alkanes) is 4. The molecule has 1 heteroatoms. The van der Waals surface area contributed by atoms with Gasteiger partial charge in [0.15, 0.2) is 0 Å². The molecule has 1 nitrogen and oxygen atoms in total. The maximum absolute atomic E-state index is 3.60. The van der Waals surface area contributed by atoms with Gasteiger partial charge in [-0.2, -0.15) is 0 Å². The minimum Gasteiger partial charge on any atom is -0.314 e. The van der Waals surface area contributed by atoms with Crippen LogP contribution in [0.1, 0.15) is 71.6 Å². The largest absolute Gasteiger partial charge is 0.314 e. The van der Waals surface area contributed by atoms with Crippen LogP contribution in [0.3, 0.4) is 0 Å². The molecule has 0 saturated heterocycles. The third-order valence-corrected chi connectivity index (χ3v) is 3.45. The molecule has 0 heterocycles. The molecule has 1 fully saturated rings. The molecule has 1 atom stereocenters. The van der Waals surface area contributed by atoms with Gasteiger partial charge in [-0.05, 0) is 31.7 Å². The fourth-order valence-electron chi connectivity index (χ4n) is 2.06. The lowest BCUT2D eigenvalue weighted by atomic mass is 9.99. The van der Waals surface area contributed by atoms with E-state index in [1.807, 2.05) is 0 Å². The molecule has 0 aromatic carbocycles. The molecule has 1 unspecified atom stereocenters. The summed E-state index contributed by atoms with van der Waals surface area (Å²) in [6.07, 6.45) is 12.8. The highest BCUT2D eigenvalue weighted by Gasteiger charge is 2.19. The Labute approximate surface area is 96.0 Å². The summed E-state index contributed by atoms with van der Waals surface area (Å²) in [5, 5.41) is 3.60. The third-order valence-electron chi connectivity index (χ3n) is 3.45. The Hall–Kier alpha value is -0.0400. The van der Waals surface area contributed by atoms with E-state index < -0.39 is 0 Å². The Morgan fingerprint density at radius 2 is 1.80 bits per heavy atom. The molecule has 0 aliphatic heterocycles. The fraction of sp³-hybridized carbons (Fsp3) is 1.00. The van der Waals surface area contributed by atoms with E-state index in [4.69, 9.17) is 0 Å². The topological polar surface area (TPSA) is 12.0 Å². The van der Waals surface area contributed by atoms with E-state index in [0.717, 1.165) is 12.0 Å². The summed E-state index contributed by atoms with van der Waals surface area (Å²) in [4.78, 5) is 0. The summed E-state index contributed by atoms with van der Waals surface area (Å²) in [5.74, 6) is 0.929. The van der Waals surface area contributed by atoms with Gasteiger partial charge in [0.1, 0.15) is 0 Å². The quantitative estimate of drug-likeness (QED) is 0.536. The second kappa shape index (κ2) is 8.15. The number of nitrogens with one attached hydrogen (secondary N) is 1. The molecular formula is C14H29N. The second-order valence-electron chi connectivity index (χ2n) is 5.33. The van der Waals surface area contributed by atoms with Crippen LogP contribution in [0.5, 0.6) is 0 Å². The summed E-state index contributed by atoms with van der Waals surface area (Å²) in [7, 11) is 0. The van der Waals surface area contributed by atoms with Crippen molar-refractivity contribution in [1.29, 1.82) is 0 Å². The summed E-state index contributed by atoms with van der Waals surface area (Å²) in [6, 6.07) is 0.891. The van der Waals surface area contributed by atoms with Crippen molar-refractivity contribution in [1.82, 2.24) is 5.32 Å². The van der Waals surface area contributed by atoms with E-state index in [0.29, 0.717) is 0 Å². The molecule has 15 heavy (non-hydrogen) atoms. The van der Waals surface area contributed by atoms with Crippen LogP contribution in [-0.4, -0.2) is 12.6 Å². The zero-order chi connectivity index (χ0) is 10.9. The van der Waals surface area contributed by atoms with Gasteiger partial charge in [0, 0.05) is 6.04 Å². The summed E-state index contributed by atoms with van der Waals surface area (Å²) >= 11 is 0. The van der Waals surface area contributed by atoms with Crippen LogP contribution in [0.15, 0.2) is 0 Å². The zero-order valence-electron chi connectivity index (χ0n) is 10.7. The molecule has 0 radical (unpaired) electrons. The van der Waals surface area contributed by atoms with Crippen LogP contribution < -0.4 is 5.32 Å². The molecule has 0 bridgehead atoms. The van der Waals surface area contributed by atoms with E-state index in [1.165, 1.54) is 64.3 Å². The van der Waals surface area contributed by atoms with Crippen LogP contribution in [0.4, 0.5) is 0 Å². The molecule has 1 aliphatic carbocycles. The summed E-state index contributed by atoms with van der Waals surface area (Å²) in [5.41, 5.74) is 0. The van der Waals surface area contributed by atoms with Crippen molar-refractivity contribution in [3.8, 4) is 0 Å². The number of rotatable bonds is 10. The Morgan fingerprint density at radius 3 is 2.47 bits per heavy atom. The van der Waals surface area contributed by atoms with Crippen molar-refractivity contribution in [2.75, 3.05) is 6.54 Å². The Kier molecular flexibility index (Phi) is 7.08. The highest BCUT2D eigenvalue weighted by atomic mass is 14.9. The van der Waals surface area contributed by atoms with Crippen molar-refractivity contribution in [2.45, 2.75) is 77.7 Å². The smallest absolute Gasteiger partial charge is 0.00682 e. The lowest BCUT2D eigenvalue weighted by molar-refractivity contribution is 0.442. The van der Waals surface area contributed by atoms with Gasteiger partial charge < -0.3 is 5.32 Å². The van der Waals surface area contributed by atoms with Gasteiger partial charge in [0.25, 0.3) is 0 Å². The average Bonchev–Trinajstić information content (AvgIpc) is 3.01. The third kappa shape index (κ3) is 7.84. The van der Waals surface area contributed by atoms with Crippen molar-refractivity contribution < 1.29 is 0 Å². The van der Waals surface area contributed by atoms with Crippen LogP contribution in [-0.2, 0) is 0 Å². The van der Waals surface area contributed by atoms with Crippen LogP contribution >= 0.6 is 0 Å². The highest BCUT2D eigenvalue weighted by molar-refractivity contribution is 4.80. The molecule has 1 saturated carbocycles.